The Kier molecular flexibility index (Phi) is 5.79. The van der Waals surface area contributed by atoms with E-state index in [9.17, 15) is 13.2 Å². The average molecular weight is 430 g/mol. The Balaban J connectivity index is 1.50. The topological polar surface area (TPSA) is 88.6 Å². The summed E-state index contributed by atoms with van der Waals surface area (Å²) >= 11 is 0. The van der Waals surface area contributed by atoms with E-state index in [4.69, 9.17) is 4.74 Å². The molecule has 3 fully saturated rings. The van der Waals surface area contributed by atoms with Crippen LogP contribution in [0.1, 0.15) is 33.1 Å². The van der Waals surface area contributed by atoms with Crippen LogP contribution in [0.25, 0.3) is 0 Å². The van der Waals surface area contributed by atoms with Crippen molar-refractivity contribution in [3.8, 4) is 5.75 Å². The van der Waals surface area contributed by atoms with E-state index in [2.05, 4.69) is 10.3 Å². The molecule has 1 aliphatic carbocycles. The smallest absolute Gasteiger partial charge is 0.243 e. The van der Waals surface area contributed by atoms with Crippen molar-refractivity contribution in [2.45, 2.75) is 50.2 Å². The predicted molar refractivity (Wildman–Crippen MR) is 114 cm³/mol. The van der Waals surface area contributed by atoms with Crippen molar-refractivity contribution in [1.82, 2.24) is 9.29 Å². The Hall–Kier alpha value is -2.45. The van der Waals surface area contributed by atoms with Gasteiger partial charge in [-0.15, -0.1) is 0 Å². The SMILES string of the molecule is CC(C)Oc1ccc(NC(=O)C2CC3CCC2N(S(=O)(=O)c2ccccc2)C3)nc1. The van der Waals surface area contributed by atoms with Gasteiger partial charge in [0.1, 0.15) is 11.6 Å². The summed E-state index contributed by atoms with van der Waals surface area (Å²) in [5.41, 5.74) is 0. The fourth-order valence-corrected chi connectivity index (χ4v) is 6.23. The first-order chi connectivity index (χ1) is 14.3. The van der Waals surface area contributed by atoms with Crippen molar-refractivity contribution < 1.29 is 17.9 Å². The number of benzene rings is 1. The summed E-state index contributed by atoms with van der Waals surface area (Å²) in [6, 6.07) is 11.6. The van der Waals surface area contributed by atoms with Gasteiger partial charge in [-0.1, -0.05) is 18.2 Å². The molecular formula is C22H27N3O4S. The van der Waals surface area contributed by atoms with Crippen LogP contribution in [0.15, 0.2) is 53.6 Å². The highest BCUT2D eigenvalue weighted by atomic mass is 32.2. The number of ether oxygens (including phenoxy) is 1. The highest BCUT2D eigenvalue weighted by molar-refractivity contribution is 7.89. The lowest BCUT2D eigenvalue weighted by atomic mass is 9.73. The van der Waals surface area contributed by atoms with E-state index in [1.165, 1.54) is 4.31 Å². The lowest BCUT2D eigenvalue weighted by Crippen LogP contribution is -2.57. The van der Waals surface area contributed by atoms with E-state index < -0.39 is 10.0 Å². The lowest BCUT2D eigenvalue weighted by Gasteiger charge is -2.48. The molecule has 8 heteroatoms. The molecule has 1 aromatic carbocycles. The second-order valence-electron chi connectivity index (χ2n) is 8.28. The van der Waals surface area contributed by atoms with Crippen molar-refractivity contribution in [2.24, 2.45) is 11.8 Å². The van der Waals surface area contributed by atoms with E-state index in [-0.39, 0.29) is 34.8 Å². The summed E-state index contributed by atoms with van der Waals surface area (Å²) in [6.07, 6.45) is 3.97. The van der Waals surface area contributed by atoms with Gasteiger partial charge in [-0.05, 0) is 63.3 Å². The van der Waals surface area contributed by atoms with Gasteiger partial charge in [0, 0.05) is 12.6 Å². The van der Waals surface area contributed by atoms with Crippen LogP contribution in [0.5, 0.6) is 5.75 Å². The number of carbonyl (C=O) groups excluding carboxylic acids is 1. The number of fused-ring (bicyclic) bond motifs is 3. The summed E-state index contributed by atoms with van der Waals surface area (Å²) < 4.78 is 33.5. The van der Waals surface area contributed by atoms with E-state index >= 15 is 0 Å². The molecule has 0 radical (unpaired) electrons. The molecule has 1 N–H and O–H groups in total. The standard InChI is InChI=1S/C22H27N3O4S/c1-15(2)29-17-9-11-21(23-13-17)24-22(26)19-12-16-8-10-20(19)25(14-16)30(27,28)18-6-4-3-5-7-18/h3-7,9,11,13,15-16,19-20H,8,10,12,14H2,1-2H3,(H,23,24,26). The first-order valence-corrected chi connectivity index (χ1v) is 11.8. The van der Waals surface area contributed by atoms with E-state index in [1.54, 1.807) is 48.7 Å². The zero-order chi connectivity index (χ0) is 21.3. The lowest BCUT2D eigenvalue weighted by molar-refractivity contribution is -0.125. The molecule has 1 amide bonds. The minimum Gasteiger partial charge on any atom is -0.489 e. The van der Waals surface area contributed by atoms with E-state index in [1.807, 2.05) is 13.8 Å². The molecule has 2 bridgehead atoms. The van der Waals surface area contributed by atoms with Crippen LogP contribution >= 0.6 is 0 Å². The first-order valence-electron chi connectivity index (χ1n) is 10.3. The fourth-order valence-electron chi connectivity index (χ4n) is 4.44. The molecule has 0 spiro atoms. The van der Waals surface area contributed by atoms with Crippen LogP contribution in [0, 0.1) is 11.8 Å². The largest absolute Gasteiger partial charge is 0.489 e. The molecule has 1 saturated carbocycles. The molecule has 5 rings (SSSR count). The first kappa shape index (κ1) is 20.8. The molecule has 3 aliphatic rings. The summed E-state index contributed by atoms with van der Waals surface area (Å²) in [5.74, 6) is 0.709. The second kappa shape index (κ2) is 8.35. The molecule has 1 aromatic heterocycles. The molecule has 3 heterocycles. The van der Waals surface area contributed by atoms with Crippen LogP contribution in [0.3, 0.4) is 0 Å². The number of rotatable bonds is 6. The third-order valence-electron chi connectivity index (χ3n) is 5.78. The molecule has 160 valence electrons. The maximum atomic E-state index is 13.2. The molecular weight excluding hydrogens is 402 g/mol. The Morgan fingerprint density at radius 1 is 1.17 bits per heavy atom. The van der Waals surface area contributed by atoms with Crippen molar-refractivity contribution in [1.29, 1.82) is 0 Å². The highest BCUT2D eigenvalue weighted by Crippen LogP contribution is 2.42. The Labute approximate surface area is 177 Å². The number of amides is 1. The summed E-state index contributed by atoms with van der Waals surface area (Å²) in [6.45, 7) is 4.34. The Morgan fingerprint density at radius 3 is 2.57 bits per heavy atom. The number of sulfonamides is 1. The van der Waals surface area contributed by atoms with Crippen LogP contribution in [-0.2, 0) is 14.8 Å². The monoisotopic (exact) mass is 429 g/mol. The number of carbonyl (C=O) groups is 1. The number of nitrogens with zero attached hydrogens (tertiary/aromatic N) is 2. The maximum absolute atomic E-state index is 13.2. The highest BCUT2D eigenvalue weighted by Gasteiger charge is 2.48. The third kappa shape index (κ3) is 4.20. The van der Waals surface area contributed by atoms with Gasteiger partial charge in [0.05, 0.1) is 23.1 Å². The van der Waals surface area contributed by atoms with Gasteiger partial charge in [-0.2, -0.15) is 4.31 Å². The number of anilines is 1. The predicted octanol–water partition coefficient (Wildman–Crippen LogP) is 3.30. The summed E-state index contributed by atoms with van der Waals surface area (Å²) in [7, 11) is -3.63. The fraction of sp³-hybridized carbons (Fsp3) is 0.455. The number of hydrogen-bond acceptors (Lipinski definition) is 5. The molecule has 3 unspecified atom stereocenters. The van der Waals surface area contributed by atoms with Gasteiger partial charge in [-0.3, -0.25) is 4.79 Å². The van der Waals surface area contributed by atoms with Gasteiger partial charge >= 0.3 is 0 Å². The van der Waals surface area contributed by atoms with Gasteiger partial charge < -0.3 is 10.1 Å². The molecule has 2 aliphatic heterocycles. The Bertz CT molecular complexity index is 993. The second-order valence-corrected chi connectivity index (χ2v) is 10.2. The van der Waals surface area contributed by atoms with Crippen molar-refractivity contribution in [2.75, 3.05) is 11.9 Å². The van der Waals surface area contributed by atoms with Gasteiger partial charge in [0.25, 0.3) is 0 Å². The summed E-state index contributed by atoms with van der Waals surface area (Å²) in [5, 5.41) is 2.86. The third-order valence-corrected chi connectivity index (χ3v) is 7.68. The van der Waals surface area contributed by atoms with Crippen LogP contribution in [-0.4, -0.2) is 42.3 Å². The van der Waals surface area contributed by atoms with Crippen molar-refractivity contribution >= 4 is 21.7 Å². The number of hydrogen-bond donors (Lipinski definition) is 1. The number of aromatic nitrogens is 1. The minimum atomic E-state index is -3.63. The molecule has 3 atom stereocenters. The zero-order valence-electron chi connectivity index (χ0n) is 17.2. The zero-order valence-corrected chi connectivity index (χ0v) is 18.0. The van der Waals surface area contributed by atoms with Crippen LogP contribution in [0.2, 0.25) is 0 Å². The minimum absolute atomic E-state index is 0.0441. The molecule has 7 nitrogen and oxygen atoms in total. The van der Waals surface area contributed by atoms with Crippen LogP contribution in [0.4, 0.5) is 5.82 Å². The van der Waals surface area contributed by atoms with Crippen molar-refractivity contribution in [3.63, 3.8) is 0 Å². The maximum Gasteiger partial charge on any atom is 0.243 e. The van der Waals surface area contributed by atoms with Gasteiger partial charge in [0.2, 0.25) is 15.9 Å². The molecule has 2 aromatic rings. The number of pyridine rings is 1. The normalized spacial score (nSPS) is 24.0. The number of piperidine rings is 2. The van der Waals surface area contributed by atoms with E-state index in [0.29, 0.717) is 31.0 Å². The van der Waals surface area contributed by atoms with Crippen molar-refractivity contribution in [3.05, 3.63) is 48.7 Å². The molecule has 30 heavy (non-hydrogen) atoms. The number of nitrogens with one attached hydrogen (secondary N) is 1. The quantitative estimate of drug-likeness (QED) is 0.761. The van der Waals surface area contributed by atoms with Gasteiger partial charge in [0.15, 0.2) is 0 Å². The molecule has 2 saturated heterocycles. The van der Waals surface area contributed by atoms with Crippen LogP contribution < -0.4 is 10.1 Å². The Morgan fingerprint density at radius 2 is 1.93 bits per heavy atom. The van der Waals surface area contributed by atoms with Gasteiger partial charge in [-0.25, -0.2) is 13.4 Å². The average Bonchev–Trinajstić information content (AvgIpc) is 2.75. The van der Waals surface area contributed by atoms with E-state index in [0.717, 1.165) is 6.42 Å². The summed E-state index contributed by atoms with van der Waals surface area (Å²) in [4.78, 5) is 17.6.